The Morgan fingerprint density at radius 1 is 1.00 bits per heavy atom. The van der Waals surface area contributed by atoms with Crippen molar-refractivity contribution in [2.45, 2.75) is 32.3 Å². The molecule has 4 heteroatoms. The number of benzene rings is 1. The minimum atomic E-state index is -0.0322. The van der Waals surface area contributed by atoms with Crippen molar-refractivity contribution < 1.29 is 14.3 Å². The van der Waals surface area contributed by atoms with Crippen molar-refractivity contribution >= 4 is 11.8 Å². The molecule has 4 nitrogen and oxygen atoms in total. The number of ether oxygens (including phenoxy) is 1. The lowest BCUT2D eigenvalue weighted by Crippen LogP contribution is -2.30. The highest BCUT2D eigenvalue weighted by atomic mass is 16.5. The van der Waals surface area contributed by atoms with Crippen molar-refractivity contribution in [3.8, 4) is 0 Å². The maximum Gasteiger partial charge on any atom is 0.229 e. The summed E-state index contributed by atoms with van der Waals surface area (Å²) < 4.78 is 5.55. The molecule has 1 fully saturated rings. The Morgan fingerprint density at radius 2 is 1.68 bits per heavy atom. The van der Waals surface area contributed by atoms with Crippen molar-refractivity contribution in [2.24, 2.45) is 0 Å². The van der Waals surface area contributed by atoms with E-state index in [1.54, 1.807) is 0 Å². The second-order valence-corrected chi connectivity index (χ2v) is 4.68. The van der Waals surface area contributed by atoms with Crippen molar-refractivity contribution in [2.75, 3.05) is 13.2 Å². The summed E-state index contributed by atoms with van der Waals surface area (Å²) in [7, 11) is 0. The highest BCUT2D eigenvalue weighted by molar-refractivity contribution is 6.01. The molecule has 0 bridgehead atoms. The van der Waals surface area contributed by atoms with Crippen molar-refractivity contribution in [3.63, 3.8) is 0 Å². The van der Waals surface area contributed by atoms with E-state index in [4.69, 9.17) is 4.74 Å². The Labute approximate surface area is 113 Å². The summed E-state index contributed by atoms with van der Waals surface area (Å²) in [6.07, 6.45) is 2.43. The summed E-state index contributed by atoms with van der Waals surface area (Å²) in [5.41, 5.74) is 1.16. The second kappa shape index (κ2) is 7.04. The van der Waals surface area contributed by atoms with Gasteiger partial charge in [-0.05, 0) is 18.4 Å². The van der Waals surface area contributed by atoms with Gasteiger partial charge < -0.3 is 4.74 Å². The highest BCUT2D eigenvalue weighted by Crippen LogP contribution is 2.12. The number of amides is 2. The monoisotopic (exact) mass is 261 g/mol. The molecule has 0 N–H and O–H groups in total. The van der Waals surface area contributed by atoms with E-state index in [-0.39, 0.29) is 11.8 Å². The highest BCUT2D eigenvalue weighted by Gasteiger charge is 2.27. The van der Waals surface area contributed by atoms with E-state index in [0.29, 0.717) is 32.6 Å². The van der Waals surface area contributed by atoms with Crippen LogP contribution >= 0.6 is 0 Å². The predicted octanol–water partition coefficient (Wildman–Crippen LogP) is 2.13. The van der Waals surface area contributed by atoms with Gasteiger partial charge in [0.2, 0.25) is 11.8 Å². The Kier molecular flexibility index (Phi) is 5.10. The first-order chi connectivity index (χ1) is 9.27. The number of carbonyl (C=O) groups excluding carboxylic acids is 2. The average molecular weight is 261 g/mol. The van der Waals surface area contributed by atoms with Crippen LogP contribution in [0, 0.1) is 0 Å². The van der Waals surface area contributed by atoms with Gasteiger partial charge in [0.1, 0.15) is 0 Å². The lowest BCUT2D eigenvalue weighted by Gasteiger charge is -2.13. The van der Waals surface area contributed by atoms with Crippen LogP contribution in [0.25, 0.3) is 0 Å². The molecule has 2 rings (SSSR count). The van der Waals surface area contributed by atoms with Gasteiger partial charge >= 0.3 is 0 Å². The van der Waals surface area contributed by atoms with Gasteiger partial charge in [0.15, 0.2) is 0 Å². The van der Waals surface area contributed by atoms with E-state index in [1.807, 2.05) is 30.3 Å². The van der Waals surface area contributed by atoms with Crippen molar-refractivity contribution in [3.05, 3.63) is 35.9 Å². The zero-order valence-electron chi connectivity index (χ0n) is 11.0. The summed E-state index contributed by atoms with van der Waals surface area (Å²) >= 11 is 0. The molecule has 0 atom stereocenters. The average Bonchev–Trinajstić information content (AvgIpc) is 2.75. The van der Waals surface area contributed by atoms with Gasteiger partial charge in [-0.15, -0.1) is 0 Å². The number of likely N-dealkylation sites (tertiary alicyclic amines) is 1. The molecule has 19 heavy (non-hydrogen) atoms. The fourth-order valence-electron chi connectivity index (χ4n) is 2.11. The third kappa shape index (κ3) is 4.17. The van der Waals surface area contributed by atoms with Crippen LogP contribution in [-0.2, 0) is 20.9 Å². The zero-order valence-corrected chi connectivity index (χ0v) is 11.0. The third-order valence-corrected chi connectivity index (χ3v) is 3.19. The molecule has 1 aromatic carbocycles. The number of nitrogens with zero attached hydrogens (tertiary/aromatic N) is 1. The summed E-state index contributed by atoms with van der Waals surface area (Å²) in [4.78, 5) is 24.1. The molecule has 102 valence electrons. The summed E-state index contributed by atoms with van der Waals surface area (Å²) in [5.74, 6) is -0.0644. The molecule has 0 aliphatic carbocycles. The molecule has 1 heterocycles. The van der Waals surface area contributed by atoms with Gasteiger partial charge in [0, 0.05) is 26.0 Å². The fraction of sp³-hybridized carbons (Fsp3) is 0.467. The van der Waals surface area contributed by atoms with Gasteiger partial charge in [-0.2, -0.15) is 0 Å². The van der Waals surface area contributed by atoms with Gasteiger partial charge in [-0.3, -0.25) is 14.5 Å². The van der Waals surface area contributed by atoms with Crippen LogP contribution in [0.15, 0.2) is 30.3 Å². The first-order valence-corrected chi connectivity index (χ1v) is 6.72. The number of unbranched alkanes of at least 4 members (excludes halogenated alkanes) is 1. The third-order valence-electron chi connectivity index (χ3n) is 3.19. The molecule has 0 radical (unpaired) electrons. The molecule has 0 saturated carbocycles. The fourth-order valence-corrected chi connectivity index (χ4v) is 2.11. The maximum absolute atomic E-state index is 11.4. The van der Waals surface area contributed by atoms with Gasteiger partial charge in [0.05, 0.1) is 6.61 Å². The quantitative estimate of drug-likeness (QED) is 0.558. The molecule has 1 aromatic rings. The minimum absolute atomic E-state index is 0.0322. The van der Waals surface area contributed by atoms with Gasteiger partial charge in [-0.1, -0.05) is 30.3 Å². The molecule has 0 spiro atoms. The van der Waals surface area contributed by atoms with Crippen molar-refractivity contribution in [1.29, 1.82) is 0 Å². The normalized spacial score (nSPS) is 15.3. The summed E-state index contributed by atoms with van der Waals surface area (Å²) in [6.45, 7) is 1.81. The number of hydrogen-bond donors (Lipinski definition) is 0. The molecule has 1 saturated heterocycles. The van der Waals surface area contributed by atoms with Crippen molar-refractivity contribution in [1.82, 2.24) is 4.90 Å². The van der Waals surface area contributed by atoms with Gasteiger partial charge in [-0.25, -0.2) is 0 Å². The number of rotatable bonds is 7. The van der Waals surface area contributed by atoms with Crippen LogP contribution in [0.4, 0.5) is 0 Å². The van der Waals surface area contributed by atoms with E-state index in [1.165, 1.54) is 4.90 Å². The van der Waals surface area contributed by atoms with Crippen LogP contribution in [0.5, 0.6) is 0 Å². The van der Waals surface area contributed by atoms with E-state index < -0.39 is 0 Å². The Hall–Kier alpha value is -1.68. The van der Waals surface area contributed by atoms with E-state index in [9.17, 15) is 9.59 Å². The van der Waals surface area contributed by atoms with Crippen LogP contribution < -0.4 is 0 Å². The molecule has 0 aromatic heterocycles. The second-order valence-electron chi connectivity index (χ2n) is 4.68. The Balaban J connectivity index is 1.55. The summed E-state index contributed by atoms with van der Waals surface area (Å²) in [6, 6.07) is 10.0. The van der Waals surface area contributed by atoms with Crippen LogP contribution in [0.2, 0.25) is 0 Å². The Bertz CT molecular complexity index is 414. The molecule has 1 aliphatic rings. The lowest BCUT2D eigenvalue weighted by molar-refractivity contribution is -0.138. The molecular formula is C15H19NO3. The number of hydrogen-bond acceptors (Lipinski definition) is 3. The maximum atomic E-state index is 11.4. The number of imide groups is 1. The SMILES string of the molecule is O=C1CCC(=O)N1CCCCOCc1ccccc1. The van der Waals surface area contributed by atoms with Crippen LogP contribution in [0.1, 0.15) is 31.2 Å². The van der Waals surface area contributed by atoms with E-state index in [0.717, 1.165) is 18.4 Å². The first-order valence-electron chi connectivity index (χ1n) is 6.72. The standard InChI is InChI=1S/C15H19NO3/c17-14-8-9-15(18)16(14)10-4-5-11-19-12-13-6-2-1-3-7-13/h1-3,6-7H,4-5,8-12H2. The van der Waals surface area contributed by atoms with Crippen LogP contribution in [-0.4, -0.2) is 29.9 Å². The lowest BCUT2D eigenvalue weighted by atomic mass is 10.2. The largest absolute Gasteiger partial charge is 0.377 e. The molecule has 0 unspecified atom stereocenters. The van der Waals surface area contributed by atoms with Crippen LogP contribution in [0.3, 0.4) is 0 Å². The predicted molar refractivity (Wildman–Crippen MR) is 71.3 cm³/mol. The summed E-state index contributed by atoms with van der Waals surface area (Å²) in [5, 5.41) is 0. The molecule has 1 aliphatic heterocycles. The zero-order chi connectivity index (χ0) is 13.5. The minimum Gasteiger partial charge on any atom is -0.377 e. The Morgan fingerprint density at radius 3 is 2.37 bits per heavy atom. The topological polar surface area (TPSA) is 46.6 Å². The van der Waals surface area contributed by atoms with E-state index in [2.05, 4.69) is 0 Å². The molecular weight excluding hydrogens is 242 g/mol. The first kappa shape index (κ1) is 13.7. The molecule has 2 amide bonds. The van der Waals surface area contributed by atoms with E-state index >= 15 is 0 Å². The smallest absolute Gasteiger partial charge is 0.229 e. The van der Waals surface area contributed by atoms with Gasteiger partial charge in [0.25, 0.3) is 0 Å². The number of carbonyl (C=O) groups is 2.